The SMILES string of the molecule is CNCCC(=O)N1CCCC(NC(=O)C(C)C)C1. The molecule has 0 aromatic carbocycles. The molecule has 104 valence electrons. The van der Waals surface area contributed by atoms with Crippen molar-refractivity contribution in [2.75, 3.05) is 26.7 Å². The van der Waals surface area contributed by atoms with E-state index in [4.69, 9.17) is 0 Å². The highest BCUT2D eigenvalue weighted by atomic mass is 16.2. The van der Waals surface area contributed by atoms with Crippen molar-refractivity contribution < 1.29 is 9.59 Å². The molecule has 1 fully saturated rings. The van der Waals surface area contributed by atoms with Crippen LogP contribution in [0.3, 0.4) is 0 Å². The molecule has 1 heterocycles. The number of amides is 2. The number of nitrogens with one attached hydrogen (secondary N) is 2. The van der Waals surface area contributed by atoms with Crippen LogP contribution in [0.25, 0.3) is 0 Å². The summed E-state index contributed by atoms with van der Waals surface area (Å²) in [5.74, 6) is 0.248. The largest absolute Gasteiger partial charge is 0.351 e. The molecule has 1 aliphatic rings. The maximum Gasteiger partial charge on any atom is 0.223 e. The van der Waals surface area contributed by atoms with Gasteiger partial charge in [-0.2, -0.15) is 0 Å². The van der Waals surface area contributed by atoms with Crippen LogP contribution < -0.4 is 10.6 Å². The first-order chi connectivity index (χ1) is 8.54. The lowest BCUT2D eigenvalue weighted by Crippen LogP contribution is -2.50. The van der Waals surface area contributed by atoms with E-state index in [9.17, 15) is 9.59 Å². The third-order valence-corrected chi connectivity index (χ3v) is 3.23. The van der Waals surface area contributed by atoms with Gasteiger partial charge in [0.15, 0.2) is 0 Å². The summed E-state index contributed by atoms with van der Waals surface area (Å²) in [7, 11) is 1.84. The Labute approximate surface area is 109 Å². The Morgan fingerprint density at radius 3 is 2.72 bits per heavy atom. The minimum Gasteiger partial charge on any atom is -0.351 e. The molecule has 1 saturated heterocycles. The molecule has 18 heavy (non-hydrogen) atoms. The van der Waals surface area contributed by atoms with Crippen molar-refractivity contribution in [2.45, 2.75) is 39.2 Å². The average Bonchev–Trinajstić information content (AvgIpc) is 2.36. The first-order valence-electron chi connectivity index (χ1n) is 6.77. The Morgan fingerprint density at radius 1 is 1.39 bits per heavy atom. The van der Waals surface area contributed by atoms with Gasteiger partial charge in [-0.1, -0.05) is 13.8 Å². The Morgan fingerprint density at radius 2 is 2.11 bits per heavy atom. The van der Waals surface area contributed by atoms with Crippen molar-refractivity contribution >= 4 is 11.8 Å². The van der Waals surface area contributed by atoms with Gasteiger partial charge in [-0.25, -0.2) is 0 Å². The van der Waals surface area contributed by atoms with Gasteiger partial charge in [0.05, 0.1) is 0 Å². The highest BCUT2D eigenvalue weighted by Crippen LogP contribution is 2.11. The van der Waals surface area contributed by atoms with Gasteiger partial charge in [0, 0.05) is 38.0 Å². The van der Waals surface area contributed by atoms with E-state index < -0.39 is 0 Å². The maximum absolute atomic E-state index is 11.9. The van der Waals surface area contributed by atoms with E-state index in [-0.39, 0.29) is 23.8 Å². The summed E-state index contributed by atoms with van der Waals surface area (Å²) < 4.78 is 0. The second kappa shape index (κ2) is 7.36. The molecule has 0 radical (unpaired) electrons. The molecule has 2 N–H and O–H groups in total. The summed E-state index contributed by atoms with van der Waals surface area (Å²) in [6, 6.07) is 0.118. The molecule has 5 nitrogen and oxygen atoms in total. The second-order valence-corrected chi connectivity index (χ2v) is 5.20. The summed E-state index contributed by atoms with van der Waals surface area (Å²) in [5, 5.41) is 5.99. The maximum atomic E-state index is 11.9. The van der Waals surface area contributed by atoms with E-state index in [1.807, 2.05) is 25.8 Å². The standard InChI is InChI=1S/C13H25N3O2/c1-10(2)13(18)15-11-5-4-8-16(9-11)12(17)6-7-14-3/h10-11,14H,4-9H2,1-3H3,(H,15,18). The van der Waals surface area contributed by atoms with E-state index in [0.717, 1.165) is 19.4 Å². The Kier molecular flexibility index (Phi) is 6.12. The topological polar surface area (TPSA) is 61.4 Å². The zero-order valence-electron chi connectivity index (χ0n) is 11.7. The zero-order valence-corrected chi connectivity index (χ0v) is 11.7. The van der Waals surface area contributed by atoms with Crippen LogP contribution in [0.15, 0.2) is 0 Å². The van der Waals surface area contributed by atoms with E-state index in [1.165, 1.54) is 0 Å². The number of carbonyl (C=O) groups is 2. The van der Waals surface area contributed by atoms with Crippen molar-refractivity contribution in [3.05, 3.63) is 0 Å². The number of carbonyl (C=O) groups excluding carboxylic acids is 2. The molecule has 0 bridgehead atoms. The lowest BCUT2D eigenvalue weighted by atomic mass is 10.0. The molecule has 0 aromatic heterocycles. The summed E-state index contributed by atoms with van der Waals surface area (Å²) in [6.07, 6.45) is 2.46. The molecule has 1 rings (SSSR count). The molecule has 1 unspecified atom stereocenters. The van der Waals surface area contributed by atoms with Crippen LogP contribution in [0, 0.1) is 5.92 Å². The average molecular weight is 255 g/mol. The Hall–Kier alpha value is -1.10. The van der Waals surface area contributed by atoms with Gasteiger partial charge in [0.25, 0.3) is 0 Å². The van der Waals surface area contributed by atoms with Gasteiger partial charge in [-0.15, -0.1) is 0 Å². The van der Waals surface area contributed by atoms with Crippen LogP contribution in [0.5, 0.6) is 0 Å². The lowest BCUT2D eigenvalue weighted by Gasteiger charge is -2.33. The number of rotatable bonds is 5. The van der Waals surface area contributed by atoms with Gasteiger partial charge >= 0.3 is 0 Å². The van der Waals surface area contributed by atoms with Crippen molar-refractivity contribution in [3.8, 4) is 0 Å². The van der Waals surface area contributed by atoms with Gasteiger partial charge in [-0.3, -0.25) is 9.59 Å². The third kappa shape index (κ3) is 4.64. The molecular weight excluding hydrogens is 230 g/mol. The molecule has 5 heteroatoms. The quantitative estimate of drug-likeness (QED) is 0.745. The number of hydrogen-bond acceptors (Lipinski definition) is 3. The van der Waals surface area contributed by atoms with Gasteiger partial charge < -0.3 is 15.5 Å². The van der Waals surface area contributed by atoms with Gasteiger partial charge in [0.1, 0.15) is 0 Å². The summed E-state index contributed by atoms with van der Waals surface area (Å²) in [5.41, 5.74) is 0. The summed E-state index contributed by atoms with van der Waals surface area (Å²) in [4.78, 5) is 25.4. The normalized spacial score (nSPS) is 20.0. The highest BCUT2D eigenvalue weighted by molar-refractivity contribution is 5.79. The molecule has 0 aromatic rings. The highest BCUT2D eigenvalue weighted by Gasteiger charge is 2.24. The van der Waals surface area contributed by atoms with E-state index in [1.54, 1.807) is 0 Å². The number of nitrogens with zero attached hydrogens (tertiary/aromatic N) is 1. The van der Waals surface area contributed by atoms with E-state index in [0.29, 0.717) is 19.5 Å². The van der Waals surface area contributed by atoms with Gasteiger partial charge in [0.2, 0.25) is 11.8 Å². The fourth-order valence-corrected chi connectivity index (χ4v) is 2.08. The minimum atomic E-state index is 0.000342. The first kappa shape index (κ1) is 15.0. The first-order valence-corrected chi connectivity index (χ1v) is 6.77. The smallest absolute Gasteiger partial charge is 0.223 e. The molecule has 1 aliphatic heterocycles. The van der Waals surface area contributed by atoms with Crippen molar-refractivity contribution in [1.82, 2.24) is 15.5 Å². The van der Waals surface area contributed by atoms with Crippen LogP contribution in [0.4, 0.5) is 0 Å². The van der Waals surface area contributed by atoms with Crippen LogP contribution >= 0.6 is 0 Å². The molecule has 1 atom stereocenters. The molecular formula is C13H25N3O2. The number of likely N-dealkylation sites (tertiary alicyclic amines) is 1. The van der Waals surface area contributed by atoms with E-state index >= 15 is 0 Å². The number of piperidine rings is 1. The Bertz CT molecular complexity index is 292. The monoisotopic (exact) mass is 255 g/mol. The molecule has 0 spiro atoms. The molecule has 0 aliphatic carbocycles. The summed E-state index contributed by atoms with van der Waals surface area (Å²) >= 11 is 0. The zero-order chi connectivity index (χ0) is 13.5. The summed E-state index contributed by atoms with van der Waals surface area (Å²) in [6.45, 7) is 5.94. The van der Waals surface area contributed by atoms with Gasteiger partial charge in [-0.05, 0) is 19.9 Å². The van der Waals surface area contributed by atoms with Crippen molar-refractivity contribution in [2.24, 2.45) is 5.92 Å². The van der Waals surface area contributed by atoms with Crippen LogP contribution in [0.1, 0.15) is 33.1 Å². The third-order valence-electron chi connectivity index (χ3n) is 3.23. The lowest BCUT2D eigenvalue weighted by molar-refractivity contribution is -0.133. The van der Waals surface area contributed by atoms with Crippen LogP contribution in [-0.2, 0) is 9.59 Å². The Balaban J connectivity index is 2.40. The van der Waals surface area contributed by atoms with Crippen molar-refractivity contribution in [3.63, 3.8) is 0 Å². The predicted octanol–water partition coefficient (Wildman–Crippen LogP) is 0.359. The predicted molar refractivity (Wildman–Crippen MR) is 71.1 cm³/mol. The van der Waals surface area contributed by atoms with Crippen LogP contribution in [0.2, 0.25) is 0 Å². The van der Waals surface area contributed by atoms with Crippen LogP contribution in [-0.4, -0.2) is 49.4 Å². The fourth-order valence-electron chi connectivity index (χ4n) is 2.08. The van der Waals surface area contributed by atoms with Crippen molar-refractivity contribution in [1.29, 1.82) is 0 Å². The second-order valence-electron chi connectivity index (χ2n) is 5.20. The minimum absolute atomic E-state index is 0.000342. The fraction of sp³-hybridized carbons (Fsp3) is 0.846. The molecule has 0 saturated carbocycles. The molecule has 2 amide bonds. The van der Waals surface area contributed by atoms with E-state index in [2.05, 4.69) is 10.6 Å². The number of hydrogen-bond donors (Lipinski definition) is 2.